The number of amides is 1. The number of ether oxygens (including phenoxy) is 2. The number of hydrogen-bond donors (Lipinski definition) is 2. The van der Waals surface area contributed by atoms with Crippen LogP contribution in [0.5, 0.6) is 0 Å². The first-order valence-electron chi connectivity index (χ1n) is 7.73. The summed E-state index contributed by atoms with van der Waals surface area (Å²) in [5, 5.41) is 7.04. The topological polar surface area (TPSA) is 76.2 Å². The Morgan fingerprint density at radius 1 is 1.54 bits per heavy atom. The molecule has 1 fully saturated rings. The molecule has 4 heterocycles. The fourth-order valence-electron chi connectivity index (χ4n) is 2.76. The first-order valence-corrected chi connectivity index (χ1v) is 9.55. The van der Waals surface area contributed by atoms with Gasteiger partial charge in [-0.3, -0.25) is 4.79 Å². The fraction of sp³-hybridized carbons (Fsp3) is 0.375. The molecule has 3 aromatic heterocycles. The van der Waals surface area contributed by atoms with Crippen molar-refractivity contribution in [3.8, 4) is 0 Å². The molecule has 0 aliphatic carbocycles. The highest BCUT2D eigenvalue weighted by molar-refractivity contribution is 7.17. The predicted octanol–water partition coefficient (Wildman–Crippen LogP) is 2.79. The van der Waals surface area contributed by atoms with E-state index in [-0.39, 0.29) is 18.1 Å². The zero-order valence-electron chi connectivity index (χ0n) is 12.9. The van der Waals surface area contributed by atoms with Crippen LogP contribution < -0.4 is 5.32 Å². The molecule has 24 heavy (non-hydrogen) atoms. The molecule has 6 nitrogen and oxygen atoms in total. The molecule has 1 saturated heterocycles. The number of aromatic nitrogens is 2. The van der Waals surface area contributed by atoms with Gasteiger partial charge in [-0.15, -0.1) is 22.7 Å². The van der Waals surface area contributed by atoms with Crippen molar-refractivity contribution in [1.82, 2.24) is 15.3 Å². The molecule has 2 N–H and O–H groups in total. The molecule has 1 amide bonds. The van der Waals surface area contributed by atoms with Crippen LogP contribution in [0.2, 0.25) is 0 Å². The Kier molecular flexibility index (Phi) is 4.61. The number of thiazole rings is 1. The normalized spacial score (nSPS) is 21.2. The van der Waals surface area contributed by atoms with Crippen molar-refractivity contribution in [3.63, 3.8) is 0 Å². The van der Waals surface area contributed by atoms with Crippen LogP contribution in [0.4, 0.5) is 0 Å². The minimum Gasteiger partial charge on any atom is -0.379 e. The molecule has 1 aliphatic heterocycles. The molecule has 0 aromatic carbocycles. The summed E-state index contributed by atoms with van der Waals surface area (Å²) in [7, 11) is 0. The summed E-state index contributed by atoms with van der Waals surface area (Å²) in [6.07, 6.45) is 0.572. The van der Waals surface area contributed by atoms with Crippen LogP contribution in [-0.4, -0.2) is 41.2 Å². The highest BCUT2D eigenvalue weighted by atomic mass is 32.1. The lowest BCUT2D eigenvalue weighted by molar-refractivity contribution is -0.0742. The summed E-state index contributed by atoms with van der Waals surface area (Å²) < 4.78 is 12.5. The van der Waals surface area contributed by atoms with Crippen LogP contribution in [0.25, 0.3) is 10.2 Å². The minimum atomic E-state index is -0.166. The highest BCUT2D eigenvalue weighted by Gasteiger charge is 2.28. The molecule has 0 radical (unpaired) electrons. The third kappa shape index (κ3) is 3.36. The Balaban J connectivity index is 1.40. The first-order chi connectivity index (χ1) is 11.8. The van der Waals surface area contributed by atoms with Gasteiger partial charge in [0, 0.05) is 12.0 Å². The Morgan fingerprint density at radius 3 is 3.33 bits per heavy atom. The lowest BCUT2D eigenvalue weighted by Gasteiger charge is -2.31. The van der Waals surface area contributed by atoms with E-state index in [1.165, 1.54) is 0 Å². The van der Waals surface area contributed by atoms with Crippen molar-refractivity contribution in [2.45, 2.75) is 25.2 Å². The summed E-state index contributed by atoms with van der Waals surface area (Å²) in [4.78, 5) is 19.9. The standard InChI is InChI=1S/C16H17N3O3S2/c20-16(13-5-15-12(18-13)2-4-24-15)19-11-1-3-21-7-14(11)22-6-10-8-23-9-17-10/h2,4-5,8-9,11,14,18H,1,3,6-7H2,(H,19,20)/t11-,14-/m1/s1. The number of hydrogen-bond acceptors (Lipinski definition) is 6. The number of nitrogens with zero attached hydrogens (tertiary/aromatic N) is 1. The van der Waals surface area contributed by atoms with Crippen molar-refractivity contribution < 1.29 is 14.3 Å². The number of thiophene rings is 1. The van der Waals surface area contributed by atoms with Crippen molar-refractivity contribution >= 4 is 38.8 Å². The number of carbonyl (C=O) groups is 1. The second-order valence-corrected chi connectivity index (χ2v) is 7.32. The second-order valence-electron chi connectivity index (χ2n) is 5.65. The van der Waals surface area contributed by atoms with Gasteiger partial charge < -0.3 is 19.8 Å². The number of rotatable bonds is 5. The smallest absolute Gasteiger partial charge is 0.268 e. The van der Waals surface area contributed by atoms with E-state index in [0.717, 1.165) is 22.3 Å². The average molecular weight is 363 g/mol. The molecule has 0 unspecified atom stereocenters. The van der Waals surface area contributed by atoms with Gasteiger partial charge in [-0.05, 0) is 23.9 Å². The maximum atomic E-state index is 12.5. The quantitative estimate of drug-likeness (QED) is 0.731. The Labute approximate surface area is 146 Å². The van der Waals surface area contributed by atoms with E-state index in [1.54, 1.807) is 28.2 Å². The van der Waals surface area contributed by atoms with Crippen LogP contribution in [0.15, 0.2) is 28.4 Å². The molecule has 2 atom stereocenters. The predicted molar refractivity (Wildman–Crippen MR) is 93.6 cm³/mol. The van der Waals surface area contributed by atoms with E-state index in [2.05, 4.69) is 15.3 Å². The molecule has 0 bridgehead atoms. The van der Waals surface area contributed by atoms with Crippen molar-refractivity contribution in [2.24, 2.45) is 0 Å². The molecule has 8 heteroatoms. The largest absolute Gasteiger partial charge is 0.379 e. The summed E-state index contributed by atoms with van der Waals surface area (Å²) in [5.74, 6) is -0.104. The maximum absolute atomic E-state index is 12.5. The number of H-pyrrole nitrogens is 1. The zero-order valence-corrected chi connectivity index (χ0v) is 14.5. The van der Waals surface area contributed by atoms with Gasteiger partial charge in [-0.25, -0.2) is 4.98 Å². The van der Waals surface area contributed by atoms with Crippen molar-refractivity contribution in [3.05, 3.63) is 39.8 Å². The minimum absolute atomic E-state index is 0.0637. The molecular weight excluding hydrogens is 346 g/mol. The summed E-state index contributed by atoms with van der Waals surface area (Å²) in [6, 6.07) is 3.80. The van der Waals surface area contributed by atoms with Gasteiger partial charge in [0.25, 0.3) is 5.91 Å². The molecule has 3 aromatic rings. The van der Waals surface area contributed by atoms with E-state index in [1.807, 2.05) is 22.9 Å². The second kappa shape index (κ2) is 7.02. The average Bonchev–Trinajstić information content (AvgIpc) is 3.31. The van der Waals surface area contributed by atoms with Gasteiger partial charge in [0.05, 0.1) is 40.7 Å². The highest BCUT2D eigenvalue weighted by Crippen LogP contribution is 2.22. The molecule has 126 valence electrons. The summed E-state index contributed by atoms with van der Waals surface area (Å²) >= 11 is 3.16. The summed E-state index contributed by atoms with van der Waals surface area (Å²) in [6.45, 7) is 1.54. The Bertz CT molecular complexity index is 783. The van der Waals surface area contributed by atoms with Crippen molar-refractivity contribution in [1.29, 1.82) is 0 Å². The molecular formula is C16H17N3O3S2. The van der Waals surface area contributed by atoms with Crippen LogP contribution in [0.3, 0.4) is 0 Å². The fourth-order valence-corrected chi connectivity index (χ4v) is 4.08. The third-order valence-electron chi connectivity index (χ3n) is 4.03. The molecule has 1 aliphatic rings. The summed E-state index contributed by atoms with van der Waals surface area (Å²) in [5.41, 5.74) is 4.27. The number of carbonyl (C=O) groups excluding carboxylic acids is 1. The van der Waals surface area contributed by atoms with E-state index >= 15 is 0 Å². The Hall–Kier alpha value is -1.74. The monoisotopic (exact) mass is 363 g/mol. The van der Waals surface area contributed by atoms with Crippen LogP contribution >= 0.6 is 22.7 Å². The lowest BCUT2D eigenvalue weighted by atomic mass is 10.1. The molecule has 0 saturated carbocycles. The van der Waals surface area contributed by atoms with Gasteiger partial charge in [0.15, 0.2) is 0 Å². The van der Waals surface area contributed by atoms with Crippen molar-refractivity contribution in [2.75, 3.05) is 13.2 Å². The van der Waals surface area contributed by atoms with Crippen LogP contribution in [0.1, 0.15) is 22.6 Å². The third-order valence-corrected chi connectivity index (χ3v) is 5.53. The van der Waals surface area contributed by atoms with Gasteiger partial charge in [-0.1, -0.05) is 0 Å². The number of nitrogens with one attached hydrogen (secondary N) is 2. The van der Waals surface area contributed by atoms with E-state index in [0.29, 0.717) is 25.5 Å². The van der Waals surface area contributed by atoms with Gasteiger partial charge in [0.2, 0.25) is 0 Å². The van der Waals surface area contributed by atoms with Gasteiger partial charge >= 0.3 is 0 Å². The van der Waals surface area contributed by atoms with E-state index < -0.39 is 0 Å². The maximum Gasteiger partial charge on any atom is 0.268 e. The number of fused-ring (bicyclic) bond motifs is 1. The van der Waals surface area contributed by atoms with Gasteiger partial charge in [0.1, 0.15) is 11.8 Å². The SMILES string of the molecule is O=C(N[C@@H]1CCOC[C@H]1OCc1cscn1)c1cc2sccc2[nH]1. The van der Waals surface area contributed by atoms with E-state index in [4.69, 9.17) is 9.47 Å². The van der Waals surface area contributed by atoms with Gasteiger partial charge in [-0.2, -0.15) is 0 Å². The van der Waals surface area contributed by atoms with Crippen LogP contribution in [0, 0.1) is 0 Å². The van der Waals surface area contributed by atoms with E-state index in [9.17, 15) is 4.79 Å². The number of aromatic amines is 1. The first kappa shape index (κ1) is 15.8. The molecule has 4 rings (SSSR count). The van der Waals surface area contributed by atoms with Crippen LogP contribution in [-0.2, 0) is 16.1 Å². The Morgan fingerprint density at radius 2 is 2.50 bits per heavy atom. The zero-order chi connectivity index (χ0) is 16.4. The lowest BCUT2D eigenvalue weighted by Crippen LogP contribution is -2.50. The molecule has 0 spiro atoms.